The van der Waals surface area contributed by atoms with Crippen molar-refractivity contribution in [1.82, 2.24) is 0 Å². The lowest BCUT2D eigenvalue weighted by Gasteiger charge is -2.14. The lowest BCUT2D eigenvalue weighted by atomic mass is 10.1. The number of anilines is 2. The van der Waals surface area contributed by atoms with Crippen LogP contribution in [0.5, 0.6) is 5.75 Å². The highest BCUT2D eigenvalue weighted by atomic mass is 32.1. The highest BCUT2D eigenvalue weighted by Gasteiger charge is 2.13. The number of aryl methyl sites for hydroxylation is 1. The van der Waals surface area contributed by atoms with E-state index in [-0.39, 0.29) is 0 Å². The van der Waals surface area contributed by atoms with Gasteiger partial charge in [-0.05, 0) is 54.9 Å². The van der Waals surface area contributed by atoms with Crippen molar-refractivity contribution < 1.29 is 9.15 Å². The Labute approximate surface area is 175 Å². The third-order valence-electron chi connectivity index (χ3n) is 4.98. The number of methoxy groups -OCH3 is 1. The molecule has 0 spiro atoms. The monoisotopic (exact) mass is 404 g/mol. The first-order valence-electron chi connectivity index (χ1n) is 9.84. The lowest BCUT2D eigenvalue weighted by Crippen LogP contribution is -2.19. The van der Waals surface area contributed by atoms with Crippen LogP contribution in [0.1, 0.15) is 25.3 Å². The second-order valence-corrected chi connectivity index (χ2v) is 7.43. The number of fused-ring (bicyclic) bond motifs is 3. The van der Waals surface area contributed by atoms with Crippen LogP contribution in [-0.2, 0) is 6.42 Å². The van der Waals surface area contributed by atoms with Crippen molar-refractivity contribution in [2.24, 2.45) is 0 Å². The summed E-state index contributed by atoms with van der Waals surface area (Å²) in [7, 11) is 1.65. The van der Waals surface area contributed by atoms with E-state index in [1.165, 1.54) is 18.4 Å². The molecule has 29 heavy (non-hydrogen) atoms. The van der Waals surface area contributed by atoms with E-state index >= 15 is 0 Å². The molecular formula is C24H24N2O2S. The van der Waals surface area contributed by atoms with Gasteiger partial charge in [-0.25, -0.2) is 0 Å². The maximum absolute atomic E-state index is 5.98. The predicted molar refractivity (Wildman–Crippen MR) is 125 cm³/mol. The fraction of sp³-hybridized carbons (Fsp3) is 0.208. The second kappa shape index (κ2) is 8.53. The minimum Gasteiger partial charge on any atom is -0.495 e. The van der Waals surface area contributed by atoms with Crippen LogP contribution in [0, 0.1) is 0 Å². The zero-order valence-electron chi connectivity index (χ0n) is 16.6. The van der Waals surface area contributed by atoms with Gasteiger partial charge in [-0.2, -0.15) is 0 Å². The highest BCUT2D eigenvalue weighted by Crippen LogP contribution is 2.36. The number of ether oxygens (including phenoxy) is 1. The van der Waals surface area contributed by atoms with Crippen molar-refractivity contribution in [2.45, 2.75) is 26.2 Å². The molecule has 1 heterocycles. The van der Waals surface area contributed by atoms with Crippen molar-refractivity contribution in [3.8, 4) is 5.75 Å². The molecule has 0 saturated heterocycles. The maximum Gasteiger partial charge on any atom is 0.175 e. The molecule has 4 nitrogen and oxygen atoms in total. The zero-order chi connectivity index (χ0) is 20.2. The molecule has 0 aliphatic rings. The third kappa shape index (κ3) is 4.20. The summed E-state index contributed by atoms with van der Waals surface area (Å²) in [5, 5.41) is 9.05. The van der Waals surface area contributed by atoms with E-state index < -0.39 is 0 Å². The fourth-order valence-corrected chi connectivity index (χ4v) is 3.67. The van der Waals surface area contributed by atoms with E-state index in [0.29, 0.717) is 10.9 Å². The Morgan fingerprint density at radius 2 is 1.76 bits per heavy atom. The Kier molecular flexibility index (Phi) is 5.67. The van der Waals surface area contributed by atoms with Gasteiger partial charge in [-0.1, -0.05) is 43.7 Å². The molecule has 5 heteroatoms. The van der Waals surface area contributed by atoms with Crippen LogP contribution in [0.15, 0.2) is 65.1 Å². The Morgan fingerprint density at radius 3 is 2.52 bits per heavy atom. The maximum atomic E-state index is 5.98. The van der Waals surface area contributed by atoms with Crippen molar-refractivity contribution in [3.05, 3.63) is 66.2 Å². The molecule has 0 atom stereocenters. The minimum absolute atomic E-state index is 0.500. The number of hydrogen-bond donors (Lipinski definition) is 2. The van der Waals surface area contributed by atoms with E-state index in [9.17, 15) is 0 Å². The summed E-state index contributed by atoms with van der Waals surface area (Å²) in [6.07, 6.45) is 3.51. The summed E-state index contributed by atoms with van der Waals surface area (Å²) in [5.74, 6) is 0.711. The van der Waals surface area contributed by atoms with Gasteiger partial charge in [-0.3, -0.25) is 0 Å². The first kappa shape index (κ1) is 19.3. The van der Waals surface area contributed by atoms with Crippen molar-refractivity contribution in [2.75, 3.05) is 17.7 Å². The van der Waals surface area contributed by atoms with Crippen LogP contribution in [0.4, 0.5) is 11.4 Å². The number of nitrogens with one attached hydrogen (secondary N) is 2. The van der Waals surface area contributed by atoms with Gasteiger partial charge in [0.15, 0.2) is 5.11 Å². The molecule has 148 valence electrons. The SMILES string of the molecule is CCCCc1ccc(NC(=S)Nc2cc3oc4ccccc4c3cc2OC)cc1. The predicted octanol–water partition coefficient (Wildman–Crippen LogP) is 6.75. The Bertz CT molecular complexity index is 1150. The normalized spacial score (nSPS) is 11.0. The van der Waals surface area contributed by atoms with E-state index in [2.05, 4.69) is 41.8 Å². The largest absolute Gasteiger partial charge is 0.495 e. The number of furan rings is 1. The van der Waals surface area contributed by atoms with E-state index in [1.54, 1.807) is 7.11 Å². The molecule has 0 aliphatic carbocycles. The van der Waals surface area contributed by atoms with Gasteiger partial charge in [0.2, 0.25) is 0 Å². The van der Waals surface area contributed by atoms with Crippen LogP contribution < -0.4 is 15.4 Å². The molecule has 0 saturated carbocycles. The van der Waals surface area contributed by atoms with Crippen molar-refractivity contribution in [1.29, 1.82) is 0 Å². The number of benzene rings is 3. The zero-order valence-corrected chi connectivity index (χ0v) is 17.4. The van der Waals surface area contributed by atoms with Crippen LogP contribution in [0.2, 0.25) is 0 Å². The molecular weight excluding hydrogens is 380 g/mol. The number of thiocarbonyl (C=S) groups is 1. The third-order valence-corrected chi connectivity index (χ3v) is 5.18. The molecule has 1 aromatic heterocycles. The van der Waals surface area contributed by atoms with Gasteiger partial charge < -0.3 is 19.8 Å². The van der Waals surface area contributed by atoms with Gasteiger partial charge >= 0.3 is 0 Å². The smallest absolute Gasteiger partial charge is 0.175 e. The quantitative estimate of drug-likeness (QED) is 0.348. The summed E-state index contributed by atoms with van der Waals surface area (Å²) in [6, 6.07) is 20.3. The van der Waals surface area contributed by atoms with E-state index in [0.717, 1.165) is 39.7 Å². The number of rotatable bonds is 6. The average molecular weight is 405 g/mol. The molecule has 3 aromatic carbocycles. The molecule has 0 radical (unpaired) electrons. The topological polar surface area (TPSA) is 46.4 Å². The van der Waals surface area contributed by atoms with E-state index in [1.807, 2.05) is 36.4 Å². The summed E-state index contributed by atoms with van der Waals surface area (Å²) < 4.78 is 11.6. The summed E-state index contributed by atoms with van der Waals surface area (Å²) in [4.78, 5) is 0. The van der Waals surface area contributed by atoms with Gasteiger partial charge in [0.25, 0.3) is 0 Å². The summed E-state index contributed by atoms with van der Waals surface area (Å²) >= 11 is 5.51. The Balaban J connectivity index is 1.53. The van der Waals surface area contributed by atoms with Gasteiger partial charge in [0.05, 0.1) is 12.8 Å². The Morgan fingerprint density at radius 1 is 0.966 bits per heavy atom. The number of unbranched alkanes of at least 4 members (excludes halogenated alkanes) is 1. The average Bonchev–Trinajstić information content (AvgIpc) is 3.10. The van der Waals surface area contributed by atoms with Crippen molar-refractivity contribution in [3.63, 3.8) is 0 Å². The molecule has 4 rings (SSSR count). The van der Waals surface area contributed by atoms with Crippen molar-refractivity contribution >= 4 is 50.6 Å². The molecule has 0 amide bonds. The lowest BCUT2D eigenvalue weighted by molar-refractivity contribution is 0.417. The van der Waals surface area contributed by atoms with Gasteiger partial charge in [0.1, 0.15) is 16.9 Å². The summed E-state index contributed by atoms with van der Waals surface area (Å²) in [6.45, 7) is 2.21. The van der Waals surface area contributed by atoms with Crippen LogP contribution in [0.25, 0.3) is 21.9 Å². The molecule has 2 N–H and O–H groups in total. The fourth-order valence-electron chi connectivity index (χ4n) is 3.44. The van der Waals surface area contributed by atoms with Crippen LogP contribution in [-0.4, -0.2) is 12.2 Å². The van der Waals surface area contributed by atoms with Crippen LogP contribution >= 0.6 is 12.2 Å². The van der Waals surface area contributed by atoms with E-state index in [4.69, 9.17) is 21.4 Å². The molecule has 4 aromatic rings. The molecule has 0 aliphatic heterocycles. The second-order valence-electron chi connectivity index (χ2n) is 7.03. The van der Waals surface area contributed by atoms with Crippen LogP contribution in [0.3, 0.4) is 0 Å². The van der Waals surface area contributed by atoms with Gasteiger partial charge in [0, 0.05) is 22.5 Å². The first-order chi connectivity index (χ1) is 14.2. The molecule has 0 fully saturated rings. The Hall–Kier alpha value is -3.05. The molecule has 0 bridgehead atoms. The number of hydrogen-bond acceptors (Lipinski definition) is 3. The first-order valence-corrected chi connectivity index (χ1v) is 10.2. The minimum atomic E-state index is 0.500. The van der Waals surface area contributed by atoms with Gasteiger partial charge in [-0.15, -0.1) is 0 Å². The standard InChI is InChI=1S/C24H24N2O2S/c1-3-4-7-16-10-12-17(13-11-16)25-24(29)26-20-15-22-19(14-23(20)27-2)18-8-5-6-9-21(18)28-22/h5-6,8-15H,3-4,7H2,1-2H3,(H2,25,26,29). The number of para-hydroxylation sites is 1. The highest BCUT2D eigenvalue weighted by molar-refractivity contribution is 7.80. The summed E-state index contributed by atoms with van der Waals surface area (Å²) in [5.41, 5.74) is 4.69. The molecule has 0 unspecified atom stereocenters.